The van der Waals surface area contributed by atoms with Crippen LogP contribution in [0.4, 0.5) is 0 Å². The second-order valence-corrected chi connectivity index (χ2v) is 7.09. The molecule has 0 aliphatic carbocycles. The van der Waals surface area contributed by atoms with E-state index < -0.39 is 10.0 Å². The van der Waals surface area contributed by atoms with Crippen molar-refractivity contribution in [2.45, 2.75) is 12.3 Å². The van der Waals surface area contributed by atoms with E-state index in [9.17, 15) is 8.42 Å². The Bertz CT molecular complexity index is 679. The highest BCUT2D eigenvalue weighted by Crippen LogP contribution is 2.09. The maximum Gasteiger partial charge on any atom is 0.216 e. The number of nitrogens with one attached hydrogen (secondary N) is 1. The van der Waals surface area contributed by atoms with Gasteiger partial charge in [-0.05, 0) is 5.56 Å². The van der Waals surface area contributed by atoms with Gasteiger partial charge >= 0.3 is 0 Å². The molecule has 5 nitrogen and oxygen atoms in total. The molecule has 0 aliphatic heterocycles. The Hall–Kier alpha value is -1.35. The first-order valence-corrected chi connectivity index (χ1v) is 8.70. The second-order valence-electron chi connectivity index (χ2n) is 4.12. The molecule has 1 aromatic carbocycles. The topological polar surface area (TPSA) is 85.1 Å². The first-order valence-electron chi connectivity index (χ1n) is 5.69. The van der Waals surface area contributed by atoms with Crippen molar-refractivity contribution in [2.75, 3.05) is 0 Å². The number of nitrogens with two attached hydrogens (primary N) is 1. The highest BCUT2D eigenvalue weighted by molar-refractivity contribution is 7.88. The molecule has 106 valence electrons. The van der Waals surface area contributed by atoms with Gasteiger partial charge in [-0.3, -0.25) is 0 Å². The highest BCUT2D eigenvalue weighted by atomic mass is 32.2. The summed E-state index contributed by atoms with van der Waals surface area (Å²) in [5, 5.41) is 1.81. The largest absolute Gasteiger partial charge is 0.389 e. The van der Waals surface area contributed by atoms with Crippen molar-refractivity contribution in [3.05, 3.63) is 52.0 Å². The van der Waals surface area contributed by atoms with E-state index in [1.165, 1.54) is 11.3 Å². The van der Waals surface area contributed by atoms with Crippen LogP contribution >= 0.6 is 23.6 Å². The van der Waals surface area contributed by atoms with Gasteiger partial charge in [-0.15, -0.1) is 11.3 Å². The maximum absolute atomic E-state index is 11.9. The summed E-state index contributed by atoms with van der Waals surface area (Å²) in [5.41, 5.74) is 9.26. The van der Waals surface area contributed by atoms with Gasteiger partial charge < -0.3 is 5.73 Å². The number of thiazole rings is 1. The molecule has 2 rings (SSSR count). The molecule has 1 heterocycles. The number of hydrogen-bond donors (Lipinski definition) is 2. The van der Waals surface area contributed by atoms with E-state index in [1.807, 2.05) is 0 Å². The predicted molar refractivity (Wildman–Crippen MR) is 83.9 cm³/mol. The third-order valence-electron chi connectivity index (χ3n) is 2.55. The van der Waals surface area contributed by atoms with E-state index in [-0.39, 0.29) is 12.3 Å². The predicted octanol–water partition coefficient (Wildman–Crippen LogP) is 1.40. The number of sulfonamides is 1. The van der Waals surface area contributed by atoms with Crippen LogP contribution < -0.4 is 10.5 Å². The molecule has 0 spiro atoms. The molecule has 0 amide bonds. The molecule has 0 fully saturated rings. The lowest BCUT2D eigenvalue weighted by Crippen LogP contribution is -2.24. The van der Waals surface area contributed by atoms with Crippen molar-refractivity contribution in [1.82, 2.24) is 9.71 Å². The molecule has 0 saturated heterocycles. The van der Waals surface area contributed by atoms with Crippen molar-refractivity contribution in [3.8, 4) is 0 Å². The fourth-order valence-corrected chi connectivity index (χ4v) is 3.34. The molecule has 0 atom stereocenters. The van der Waals surface area contributed by atoms with Crippen LogP contribution in [0.1, 0.15) is 16.8 Å². The summed E-state index contributed by atoms with van der Waals surface area (Å²) in [5.74, 6) is -0.0885. The van der Waals surface area contributed by atoms with Crippen molar-refractivity contribution < 1.29 is 8.42 Å². The van der Waals surface area contributed by atoms with Gasteiger partial charge in [-0.2, -0.15) is 0 Å². The van der Waals surface area contributed by atoms with Crippen molar-refractivity contribution in [1.29, 1.82) is 0 Å². The number of thiocarbonyl (C=S) groups is 1. The first-order chi connectivity index (χ1) is 9.46. The second kappa shape index (κ2) is 6.40. The Labute approximate surface area is 126 Å². The minimum absolute atomic E-state index is 0.0885. The number of benzene rings is 1. The Kier molecular flexibility index (Phi) is 4.81. The summed E-state index contributed by atoms with van der Waals surface area (Å²) in [4.78, 5) is 4.31. The molecular formula is C12H13N3O2S3. The average Bonchev–Trinajstić information content (AvgIpc) is 2.90. The summed E-state index contributed by atoms with van der Waals surface area (Å²) in [6.45, 7) is 0.205. The van der Waals surface area contributed by atoms with Crippen LogP contribution in [-0.2, 0) is 22.3 Å². The van der Waals surface area contributed by atoms with E-state index in [4.69, 9.17) is 18.0 Å². The molecular weight excluding hydrogens is 314 g/mol. The van der Waals surface area contributed by atoms with E-state index in [2.05, 4.69) is 9.71 Å². The van der Waals surface area contributed by atoms with Gasteiger partial charge in [0, 0.05) is 10.9 Å². The van der Waals surface area contributed by atoms with Gasteiger partial charge in [0.1, 0.15) is 4.99 Å². The van der Waals surface area contributed by atoms with E-state index in [0.29, 0.717) is 16.2 Å². The molecule has 2 aromatic rings. The molecule has 0 unspecified atom stereocenters. The number of nitrogens with zero attached hydrogens (tertiary/aromatic N) is 1. The lowest BCUT2D eigenvalue weighted by molar-refractivity contribution is 0.579. The van der Waals surface area contributed by atoms with Crippen molar-refractivity contribution >= 4 is 38.6 Å². The summed E-state index contributed by atoms with van der Waals surface area (Å²) in [6, 6.07) is 6.84. The lowest BCUT2D eigenvalue weighted by Gasteiger charge is -2.06. The molecule has 1 aromatic heterocycles. The van der Waals surface area contributed by atoms with Gasteiger partial charge in [0.25, 0.3) is 0 Å². The summed E-state index contributed by atoms with van der Waals surface area (Å²) >= 11 is 6.27. The zero-order valence-corrected chi connectivity index (χ0v) is 12.9. The molecule has 20 heavy (non-hydrogen) atoms. The average molecular weight is 327 g/mol. The number of rotatable bonds is 6. The monoisotopic (exact) mass is 327 g/mol. The van der Waals surface area contributed by atoms with Gasteiger partial charge in [0.15, 0.2) is 0 Å². The zero-order valence-electron chi connectivity index (χ0n) is 10.4. The maximum atomic E-state index is 11.9. The fraction of sp³-hybridized carbons (Fsp3) is 0.167. The van der Waals surface area contributed by atoms with Gasteiger partial charge in [-0.25, -0.2) is 18.1 Å². The summed E-state index contributed by atoms with van der Waals surface area (Å²) in [7, 11) is -3.39. The van der Waals surface area contributed by atoms with Gasteiger partial charge in [0.2, 0.25) is 10.0 Å². The quantitative estimate of drug-likeness (QED) is 0.783. The Balaban J connectivity index is 1.98. The van der Waals surface area contributed by atoms with Crippen LogP contribution in [0.15, 0.2) is 35.2 Å². The van der Waals surface area contributed by atoms with Crippen molar-refractivity contribution in [3.63, 3.8) is 0 Å². The summed E-state index contributed by atoms with van der Waals surface area (Å²) in [6.07, 6.45) is 0. The third-order valence-corrected chi connectivity index (χ3v) is 4.72. The zero-order chi connectivity index (χ0) is 14.6. The van der Waals surface area contributed by atoms with E-state index >= 15 is 0 Å². The fourth-order valence-electron chi connectivity index (χ4n) is 1.54. The minimum atomic E-state index is -3.39. The smallest absolute Gasteiger partial charge is 0.216 e. The van der Waals surface area contributed by atoms with Crippen LogP contribution in [0, 0.1) is 0 Å². The van der Waals surface area contributed by atoms with Crippen LogP contribution in [-0.4, -0.2) is 18.4 Å². The molecule has 3 N–H and O–H groups in total. The van der Waals surface area contributed by atoms with Crippen molar-refractivity contribution in [2.24, 2.45) is 5.73 Å². The van der Waals surface area contributed by atoms with E-state index in [0.717, 1.165) is 5.56 Å². The van der Waals surface area contributed by atoms with Crippen LogP contribution in [0.2, 0.25) is 0 Å². The van der Waals surface area contributed by atoms with Crippen LogP contribution in [0.25, 0.3) is 0 Å². The van der Waals surface area contributed by atoms with Gasteiger partial charge in [0.05, 0.1) is 23.5 Å². The van der Waals surface area contributed by atoms with Crippen LogP contribution in [0.5, 0.6) is 0 Å². The third kappa shape index (κ3) is 4.34. The molecule has 0 radical (unpaired) electrons. The SMILES string of the molecule is NC(=S)c1ccc(CS(=O)(=O)NCc2cscn2)cc1. The molecule has 0 saturated carbocycles. The van der Waals surface area contributed by atoms with Crippen LogP contribution in [0.3, 0.4) is 0 Å². The molecule has 0 bridgehead atoms. The minimum Gasteiger partial charge on any atom is -0.389 e. The standard InChI is InChI=1S/C12H13N3O2S3/c13-12(18)10-3-1-9(2-4-10)7-20(16,17)15-5-11-6-19-8-14-11/h1-4,6,8,15H,5,7H2,(H2,13,18). The number of hydrogen-bond acceptors (Lipinski definition) is 5. The Morgan fingerprint density at radius 2 is 2.05 bits per heavy atom. The Morgan fingerprint density at radius 3 is 2.60 bits per heavy atom. The lowest BCUT2D eigenvalue weighted by atomic mass is 10.1. The Morgan fingerprint density at radius 1 is 1.35 bits per heavy atom. The van der Waals surface area contributed by atoms with Gasteiger partial charge in [-0.1, -0.05) is 36.5 Å². The highest BCUT2D eigenvalue weighted by Gasteiger charge is 2.12. The van der Waals surface area contributed by atoms with E-state index in [1.54, 1.807) is 35.2 Å². The molecule has 8 heteroatoms. The normalized spacial score (nSPS) is 11.4. The molecule has 0 aliphatic rings. The first kappa shape index (κ1) is 15.0. The summed E-state index contributed by atoms with van der Waals surface area (Å²) < 4.78 is 26.4. The number of aromatic nitrogens is 1.